The van der Waals surface area contributed by atoms with E-state index in [1.54, 1.807) is 24.3 Å². The third-order valence-corrected chi connectivity index (χ3v) is 5.31. The molecule has 2 aromatic heterocycles. The minimum absolute atomic E-state index is 0.0524. The maximum atomic E-state index is 13.6. The van der Waals surface area contributed by atoms with Crippen LogP contribution in [0.1, 0.15) is 37.6 Å². The first kappa shape index (κ1) is 22.9. The minimum atomic E-state index is -1.03. The van der Waals surface area contributed by atoms with E-state index in [2.05, 4.69) is 16.0 Å². The average Bonchev–Trinajstić information content (AvgIpc) is 3.29. The van der Waals surface area contributed by atoms with E-state index < -0.39 is 36.1 Å². The highest BCUT2D eigenvalue weighted by molar-refractivity contribution is 5.72. The van der Waals surface area contributed by atoms with Gasteiger partial charge in [-0.1, -0.05) is 12.1 Å². The molecule has 3 aromatic rings. The van der Waals surface area contributed by atoms with E-state index in [0.29, 0.717) is 16.6 Å². The van der Waals surface area contributed by atoms with Gasteiger partial charge in [0.1, 0.15) is 18.2 Å². The second-order valence-electron chi connectivity index (χ2n) is 7.82. The molecule has 3 atom stereocenters. The van der Waals surface area contributed by atoms with Crippen LogP contribution < -0.4 is 11.4 Å². The summed E-state index contributed by atoms with van der Waals surface area (Å²) in [5.74, 6) is -1.08. The molecule has 0 spiro atoms. The summed E-state index contributed by atoms with van der Waals surface area (Å²) in [6.45, 7) is 2.60. The number of benzene rings is 1. The molecule has 1 aliphatic rings. The van der Waals surface area contributed by atoms with Crippen molar-refractivity contribution in [2.45, 2.75) is 45.2 Å². The highest BCUT2D eigenvalue weighted by atomic mass is 16.6. The Bertz CT molecular complexity index is 1360. The zero-order valence-corrected chi connectivity index (χ0v) is 18.5. The molecule has 0 bridgehead atoms. The molecule has 2 N–H and O–H groups in total. The lowest BCUT2D eigenvalue weighted by molar-refractivity contribution is -0.153. The lowest BCUT2D eigenvalue weighted by atomic mass is 10.1. The summed E-state index contributed by atoms with van der Waals surface area (Å²) in [6, 6.07) is 8.93. The summed E-state index contributed by atoms with van der Waals surface area (Å²) >= 11 is 0. The van der Waals surface area contributed by atoms with Crippen LogP contribution in [0, 0.1) is 11.3 Å². The Hall–Kier alpha value is -4.24. The predicted molar refractivity (Wildman–Crippen MR) is 117 cm³/mol. The van der Waals surface area contributed by atoms with E-state index in [1.807, 2.05) is 0 Å². The normalized spacial score (nSPS) is 19.6. The van der Waals surface area contributed by atoms with E-state index in [-0.39, 0.29) is 31.2 Å². The number of nitriles is 1. The van der Waals surface area contributed by atoms with Crippen LogP contribution >= 0.6 is 0 Å². The summed E-state index contributed by atoms with van der Waals surface area (Å²) in [4.78, 5) is 44.8. The van der Waals surface area contributed by atoms with Gasteiger partial charge in [-0.05, 0) is 17.7 Å². The van der Waals surface area contributed by atoms with Crippen LogP contribution in [0.3, 0.4) is 0 Å². The number of aromatic nitrogens is 4. The number of nitrogens with two attached hydrogens (primary N) is 1. The molecular weight excluding hydrogens is 444 g/mol. The van der Waals surface area contributed by atoms with Crippen molar-refractivity contribution in [2.24, 2.45) is 0 Å². The molecule has 0 unspecified atom stereocenters. The Labute approximate surface area is 193 Å². The molecule has 176 valence electrons. The van der Waals surface area contributed by atoms with Crippen molar-refractivity contribution in [1.82, 2.24) is 19.1 Å². The largest absolute Gasteiger partial charge is 0.463 e. The Balaban J connectivity index is 1.79. The van der Waals surface area contributed by atoms with Crippen LogP contribution in [0.2, 0.25) is 0 Å². The standard InChI is InChI=1S/C22H22N6O6/c1-12(29)32-11-16-7-18(33-13(2)30)20(34-16)28-19-17(9-25-21(24)26-19)27(22(28)31)10-15-5-3-4-14(6-15)8-23/h3-6,9,16,18,20H,7,10-11H2,1-2H3,(H2,24,25,26)/t16-,18+,20+/m0/s1. The molecule has 1 aliphatic heterocycles. The third kappa shape index (κ3) is 4.60. The summed E-state index contributed by atoms with van der Waals surface area (Å²) in [6.07, 6.45) is -0.819. The van der Waals surface area contributed by atoms with Crippen LogP contribution in [-0.2, 0) is 30.3 Å². The molecule has 1 saturated heterocycles. The maximum Gasteiger partial charge on any atom is 0.332 e. The van der Waals surface area contributed by atoms with Crippen molar-refractivity contribution in [2.75, 3.05) is 12.3 Å². The molecule has 0 aliphatic carbocycles. The number of imidazole rings is 1. The van der Waals surface area contributed by atoms with Crippen molar-refractivity contribution in [3.63, 3.8) is 0 Å². The SMILES string of the molecule is CC(=O)OC[C@@H]1C[C@@H](OC(C)=O)[C@H](n2c(=O)n(Cc3cccc(C#N)c3)c3cnc(N)nc32)O1. The van der Waals surface area contributed by atoms with E-state index in [4.69, 9.17) is 19.9 Å². The van der Waals surface area contributed by atoms with Crippen LogP contribution in [0.15, 0.2) is 35.3 Å². The first-order valence-electron chi connectivity index (χ1n) is 10.4. The van der Waals surface area contributed by atoms with Crippen LogP contribution in [0.5, 0.6) is 0 Å². The van der Waals surface area contributed by atoms with Gasteiger partial charge in [-0.25, -0.2) is 14.3 Å². The summed E-state index contributed by atoms with van der Waals surface area (Å²) in [7, 11) is 0. The Morgan fingerprint density at radius 3 is 2.82 bits per heavy atom. The zero-order chi connectivity index (χ0) is 24.4. The molecule has 0 radical (unpaired) electrons. The van der Waals surface area contributed by atoms with Gasteiger partial charge in [0.15, 0.2) is 11.9 Å². The van der Waals surface area contributed by atoms with E-state index in [1.165, 1.54) is 29.2 Å². The van der Waals surface area contributed by atoms with Crippen molar-refractivity contribution in [3.05, 3.63) is 52.1 Å². The van der Waals surface area contributed by atoms with Crippen LogP contribution in [0.25, 0.3) is 11.2 Å². The van der Waals surface area contributed by atoms with Gasteiger partial charge in [0, 0.05) is 20.3 Å². The lowest BCUT2D eigenvalue weighted by Gasteiger charge is -2.19. The van der Waals surface area contributed by atoms with Crippen molar-refractivity contribution < 1.29 is 23.8 Å². The van der Waals surface area contributed by atoms with Gasteiger partial charge < -0.3 is 19.9 Å². The van der Waals surface area contributed by atoms with Gasteiger partial charge in [0.05, 0.1) is 30.5 Å². The molecule has 12 heteroatoms. The van der Waals surface area contributed by atoms with E-state index in [0.717, 1.165) is 0 Å². The van der Waals surface area contributed by atoms with Crippen molar-refractivity contribution in [3.8, 4) is 6.07 Å². The Kier molecular flexibility index (Phi) is 6.29. The maximum absolute atomic E-state index is 13.6. The van der Waals surface area contributed by atoms with Gasteiger partial charge in [-0.2, -0.15) is 10.2 Å². The number of fused-ring (bicyclic) bond motifs is 1. The molecule has 0 saturated carbocycles. The number of carbonyl (C=O) groups excluding carboxylic acids is 2. The van der Waals surface area contributed by atoms with E-state index >= 15 is 0 Å². The van der Waals surface area contributed by atoms with Crippen molar-refractivity contribution in [1.29, 1.82) is 5.26 Å². The number of anilines is 1. The minimum Gasteiger partial charge on any atom is -0.463 e. The lowest BCUT2D eigenvalue weighted by Crippen LogP contribution is -2.34. The molecule has 1 aromatic carbocycles. The molecule has 3 heterocycles. The highest BCUT2D eigenvalue weighted by Gasteiger charge is 2.41. The number of hydrogen-bond acceptors (Lipinski definition) is 10. The van der Waals surface area contributed by atoms with Crippen molar-refractivity contribution >= 4 is 29.1 Å². The van der Waals surface area contributed by atoms with Gasteiger partial charge in [-0.15, -0.1) is 0 Å². The number of hydrogen-bond donors (Lipinski definition) is 1. The quantitative estimate of drug-likeness (QED) is 0.515. The molecule has 34 heavy (non-hydrogen) atoms. The Morgan fingerprint density at radius 1 is 1.32 bits per heavy atom. The number of esters is 2. The van der Waals surface area contributed by atoms with Gasteiger partial charge >= 0.3 is 17.6 Å². The topological polar surface area (TPSA) is 164 Å². The second-order valence-corrected chi connectivity index (χ2v) is 7.82. The van der Waals surface area contributed by atoms with Crippen LogP contribution in [0.4, 0.5) is 5.95 Å². The molecular formula is C22H22N6O6. The van der Waals surface area contributed by atoms with Gasteiger partial charge in [-0.3, -0.25) is 14.2 Å². The molecule has 0 amide bonds. The second kappa shape index (κ2) is 9.32. The fraction of sp³-hybridized carbons (Fsp3) is 0.364. The Morgan fingerprint density at radius 2 is 2.12 bits per heavy atom. The summed E-state index contributed by atoms with van der Waals surface area (Å²) in [5, 5.41) is 9.19. The first-order chi connectivity index (χ1) is 16.3. The predicted octanol–water partition coefficient (Wildman–Crippen LogP) is 0.877. The monoisotopic (exact) mass is 466 g/mol. The average molecular weight is 466 g/mol. The molecule has 1 fully saturated rings. The fourth-order valence-electron chi connectivity index (χ4n) is 3.96. The molecule has 12 nitrogen and oxygen atoms in total. The smallest absolute Gasteiger partial charge is 0.332 e. The number of ether oxygens (including phenoxy) is 3. The zero-order valence-electron chi connectivity index (χ0n) is 18.5. The third-order valence-electron chi connectivity index (χ3n) is 5.31. The fourth-order valence-corrected chi connectivity index (χ4v) is 3.96. The number of carbonyl (C=O) groups is 2. The van der Waals surface area contributed by atoms with E-state index in [9.17, 15) is 19.6 Å². The van der Waals surface area contributed by atoms with Gasteiger partial charge in [0.2, 0.25) is 5.95 Å². The number of nitrogen functional groups attached to an aromatic ring is 1. The first-order valence-corrected chi connectivity index (χ1v) is 10.4. The number of rotatable bonds is 6. The molecule has 4 rings (SSSR count). The van der Waals surface area contributed by atoms with Gasteiger partial charge in [0.25, 0.3) is 0 Å². The van der Waals surface area contributed by atoms with Crippen LogP contribution in [-0.4, -0.2) is 49.9 Å². The number of nitrogens with zero attached hydrogens (tertiary/aromatic N) is 5. The summed E-state index contributed by atoms with van der Waals surface area (Å²) in [5.41, 5.74) is 7.06. The summed E-state index contributed by atoms with van der Waals surface area (Å²) < 4.78 is 19.1. The highest BCUT2D eigenvalue weighted by Crippen LogP contribution is 2.33.